The van der Waals surface area contributed by atoms with Gasteiger partial charge in [-0.2, -0.15) is 11.3 Å². The fourth-order valence-corrected chi connectivity index (χ4v) is 3.49. The van der Waals surface area contributed by atoms with Crippen molar-refractivity contribution in [1.29, 1.82) is 0 Å². The predicted octanol–water partition coefficient (Wildman–Crippen LogP) is 2.87. The van der Waals surface area contributed by atoms with Gasteiger partial charge in [-0.1, -0.05) is 0 Å². The summed E-state index contributed by atoms with van der Waals surface area (Å²) in [6.45, 7) is 6.97. The molecule has 0 spiro atoms. The number of piperazine rings is 1. The van der Waals surface area contributed by atoms with Crippen LogP contribution in [0.25, 0.3) is 0 Å². The number of nitrogens with zero attached hydrogens (tertiary/aromatic N) is 2. The van der Waals surface area contributed by atoms with Crippen LogP contribution in [0.5, 0.6) is 11.5 Å². The molecule has 0 saturated carbocycles. The molecule has 0 radical (unpaired) electrons. The van der Waals surface area contributed by atoms with Crippen molar-refractivity contribution in [3.05, 3.63) is 46.7 Å². The first-order chi connectivity index (χ1) is 12.2. The highest BCUT2D eigenvalue weighted by Gasteiger charge is 2.21. The monoisotopic (exact) mass is 360 g/mol. The normalized spacial score (nSPS) is 15.2. The van der Waals surface area contributed by atoms with Crippen LogP contribution in [0.4, 0.5) is 0 Å². The van der Waals surface area contributed by atoms with E-state index < -0.39 is 0 Å². The smallest absolute Gasteiger partial charge is 0.260 e. The number of ether oxygens (including phenoxy) is 2. The summed E-state index contributed by atoms with van der Waals surface area (Å²) < 4.78 is 11.0. The molecule has 1 saturated heterocycles. The summed E-state index contributed by atoms with van der Waals surface area (Å²) in [5.41, 5.74) is 1.35. The summed E-state index contributed by atoms with van der Waals surface area (Å²) in [6.07, 6.45) is 0. The second kappa shape index (κ2) is 8.87. The van der Waals surface area contributed by atoms with E-state index in [1.165, 1.54) is 5.56 Å². The number of benzene rings is 1. The van der Waals surface area contributed by atoms with Crippen LogP contribution in [0.3, 0.4) is 0 Å². The van der Waals surface area contributed by atoms with Crippen molar-refractivity contribution >= 4 is 17.2 Å². The van der Waals surface area contributed by atoms with E-state index in [9.17, 15) is 4.79 Å². The predicted molar refractivity (Wildman–Crippen MR) is 99.3 cm³/mol. The molecular weight excluding hydrogens is 336 g/mol. The van der Waals surface area contributed by atoms with E-state index in [-0.39, 0.29) is 12.5 Å². The molecule has 1 aromatic carbocycles. The fourth-order valence-electron chi connectivity index (χ4n) is 2.83. The molecule has 2 heterocycles. The highest BCUT2D eigenvalue weighted by Crippen LogP contribution is 2.18. The molecule has 1 aromatic heterocycles. The van der Waals surface area contributed by atoms with Crippen LogP contribution in [0.1, 0.15) is 12.5 Å². The lowest BCUT2D eigenvalue weighted by Crippen LogP contribution is -2.49. The van der Waals surface area contributed by atoms with Crippen LogP contribution >= 0.6 is 11.3 Å². The quantitative estimate of drug-likeness (QED) is 0.761. The maximum atomic E-state index is 12.3. The molecule has 2 aromatic rings. The molecular formula is C19H24N2O3S. The number of amides is 1. The van der Waals surface area contributed by atoms with Gasteiger partial charge in [0.2, 0.25) is 0 Å². The van der Waals surface area contributed by atoms with Crippen molar-refractivity contribution in [1.82, 2.24) is 9.80 Å². The van der Waals surface area contributed by atoms with E-state index in [0.29, 0.717) is 12.4 Å². The van der Waals surface area contributed by atoms with Crippen LogP contribution < -0.4 is 9.47 Å². The van der Waals surface area contributed by atoms with Crippen LogP contribution in [-0.4, -0.2) is 55.1 Å². The molecule has 134 valence electrons. The van der Waals surface area contributed by atoms with Gasteiger partial charge in [0.05, 0.1) is 6.61 Å². The molecule has 5 nitrogen and oxygen atoms in total. The van der Waals surface area contributed by atoms with E-state index in [0.717, 1.165) is 38.5 Å². The van der Waals surface area contributed by atoms with Gasteiger partial charge in [0.25, 0.3) is 5.91 Å². The zero-order valence-electron chi connectivity index (χ0n) is 14.5. The highest BCUT2D eigenvalue weighted by atomic mass is 32.1. The Bertz CT molecular complexity index is 650. The minimum Gasteiger partial charge on any atom is -0.494 e. The summed E-state index contributed by atoms with van der Waals surface area (Å²) in [4.78, 5) is 16.6. The molecule has 1 aliphatic heterocycles. The van der Waals surface area contributed by atoms with Crippen molar-refractivity contribution in [2.24, 2.45) is 0 Å². The number of thiophene rings is 1. The Hall–Kier alpha value is -2.05. The third-order valence-corrected chi connectivity index (χ3v) is 4.94. The first kappa shape index (κ1) is 17.8. The summed E-state index contributed by atoms with van der Waals surface area (Å²) in [7, 11) is 0. The van der Waals surface area contributed by atoms with E-state index in [4.69, 9.17) is 9.47 Å². The second-order valence-corrected chi connectivity index (χ2v) is 6.76. The van der Waals surface area contributed by atoms with Crippen molar-refractivity contribution in [3.8, 4) is 11.5 Å². The van der Waals surface area contributed by atoms with Gasteiger partial charge in [0.15, 0.2) is 6.61 Å². The zero-order chi connectivity index (χ0) is 17.5. The molecule has 1 aliphatic rings. The summed E-state index contributed by atoms with van der Waals surface area (Å²) in [5.74, 6) is 1.54. The van der Waals surface area contributed by atoms with Crippen LogP contribution in [0.15, 0.2) is 41.1 Å². The maximum Gasteiger partial charge on any atom is 0.260 e. The average molecular weight is 360 g/mol. The highest BCUT2D eigenvalue weighted by molar-refractivity contribution is 7.07. The van der Waals surface area contributed by atoms with E-state index in [2.05, 4.69) is 21.7 Å². The summed E-state index contributed by atoms with van der Waals surface area (Å²) >= 11 is 1.73. The SMILES string of the molecule is CCOc1ccc(OCC(=O)N2CCN(Cc3ccsc3)CC2)cc1. The second-order valence-electron chi connectivity index (χ2n) is 5.98. The maximum absolute atomic E-state index is 12.3. The first-order valence-corrected chi connectivity index (χ1v) is 9.55. The minimum absolute atomic E-state index is 0.0454. The lowest BCUT2D eigenvalue weighted by molar-refractivity contribution is -0.135. The molecule has 0 atom stereocenters. The first-order valence-electron chi connectivity index (χ1n) is 8.61. The van der Waals surface area contributed by atoms with Crippen LogP contribution in [0, 0.1) is 0 Å². The molecule has 0 aliphatic carbocycles. The Morgan fingerprint density at radius 2 is 1.72 bits per heavy atom. The number of carbonyl (C=O) groups excluding carboxylic acids is 1. The summed E-state index contributed by atoms with van der Waals surface area (Å²) in [6, 6.07) is 9.53. The molecule has 0 N–H and O–H groups in total. The van der Waals surface area contributed by atoms with E-state index in [1.807, 2.05) is 36.1 Å². The average Bonchev–Trinajstić information content (AvgIpc) is 3.15. The van der Waals surface area contributed by atoms with Gasteiger partial charge in [0.1, 0.15) is 11.5 Å². The standard InChI is InChI=1S/C19H24N2O3S/c1-2-23-17-3-5-18(6-4-17)24-14-19(22)21-10-8-20(9-11-21)13-16-7-12-25-15-16/h3-7,12,15H,2,8-11,13-14H2,1H3. The number of hydrogen-bond acceptors (Lipinski definition) is 5. The van der Waals surface area contributed by atoms with Gasteiger partial charge in [-0.05, 0) is 53.6 Å². The largest absolute Gasteiger partial charge is 0.494 e. The Kier molecular flexibility index (Phi) is 6.30. The van der Waals surface area contributed by atoms with Crippen LogP contribution in [0.2, 0.25) is 0 Å². The third-order valence-electron chi connectivity index (χ3n) is 4.21. The van der Waals surface area contributed by atoms with Gasteiger partial charge in [-0.15, -0.1) is 0 Å². The van der Waals surface area contributed by atoms with Gasteiger partial charge in [0, 0.05) is 32.7 Å². The Balaban J connectivity index is 1.40. The molecule has 25 heavy (non-hydrogen) atoms. The Morgan fingerprint density at radius 1 is 1.04 bits per heavy atom. The van der Waals surface area contributed by atoms with Crippen molar-refractivity contribution < 1.29 is 14.3 Å². The van der Waals surface area contributed by atoms with E-state index >= 15 is 0 Å². The van der Waals surface area contributed by atoms with Crippen molar-refractivity contribution in [2.75, 3.05) is 39.4 Å². The fraction of sp³-hybridized carbons (Fsp3) is 0.421. The van der Waals surface area contributed by atoms with Gasteiger partial charge >= 0.3 is 0 Å². The van der Waals surface area contributed by atoms with Gasteiger partial charge in [-0.25, -0.2) is 0 Å². The minimum atomic E-state index is 0.0454. The molecule has 1 fully saturated rings. The van der Waals surface area contributed by atoms with Crippen LogP contribution in [-0.2, 0) is 11.3 Å². The van der Waals surface area contributed by atoms with E-state index in [1.54, 1.807) is 11.3 Å². The molecule has 1 amide bonds. The summed E-state index contributed by atoms with van der Waals surface area (Å²) in [5, 5.41) is 4.29. The Labute approximate surface area is 152 Å². The number of hydrogen-bond donors (Lipinski definition) is 0. The van der Waals surface area contributed by atoms with Gasteiger partial charge < -0.3 is 14.4 Å². The lowest BCUT2D eigenvalue weighted by atomic mass is 10.2. The topological polar surface area (TPSA) is 42.0 Å². The van der Waals surface area contributed by atoms with Gasteiger partial charge in [-0.3, -0.25) is 9.69 Å². The molecule has 0 bridgehead atoms. The molecule has 0 unspecified atom stereocenters. The lowest BCUT2D eigenvalue weighted by Gasteiger charge is -2.34. The molecule has 3 rings (SSSR count). The van der Waals surface area contributed by atoms with Crippen molar-refractivity contribution in [2.45, 2.75) is 13.5 Å². The zero-order valence-corrected chi connectivity index (χ0v) is 15.3. The third kappa shape index (κ3) is 5.21. The molecule has 6 heteroatoms. The number of rotatable bonds is 7. The Morgan fingerprint density at radius 3 is 2.32 bits per heavy atom. The van der Waals surface area contributed by atoms with Crippen molar-refractivity contribution in [3.63, 3.8) is 0 Å². The number of carbonyl (C=O) groups is 1.